The third-order valence-electron chi connectivity index (χ3n) is 3.00. The van der Waals surface area contributed by atoms with Gasteiger partial charge in [0.1, 0.15) is 0 Å². The molecule has 21 heavy (non-hydrogen) atoms. The fraction of sp³-hybridized carbons (Fsp3) is 0.0556. The van der Waals surface area contributed by atoms with E-state index in [0.717, 1.165) is 27.9 Å². The number of rotatable bonds is 5. The number of aromatic nitrogens is 1. The van der Waals surface area contributed by atoms with Crippen LogP contribution in [-0.2, 0) is 0 Å². The highest BCUT2D eigenvalue weighted by molar-refractivity contribution is 5.91. The van der Waals surface area contributed by atoms with Gasteiger partial charge in [0.2, 0.25) is 0 Å². The molecule has 0 spiro atoms. The molecule has 1 aromatic heterocycles. The van der Waals surface area contributed by atoms with Gasteiger partial charge in [-0.1, -0.05) is 25.3 Å². The van der Waals surface area contributed by atoms with Crippen molar-refractivity contribution in [2.24, 2.45) is 5.73 Å². The zero-order valence-electron chi connectivity index (χ0n) is 12.1. The fourth-order valence-electron chi connectivity index (χ4n) is 1.99. The van der Waals surface area contributed by atoms with Crippen molar-refractivity contribution in [3.05, 3.63) is 84.9 Å². The van der Waals surface area contributed by atoms with Crippen LogP contribution in [0.25, 0.3) is 10.9 Å². The van der Waals surface area contributed by atoms with E-state index in [0.29, 0.717) is 5.70 Å². The molecule has 0 atom stereocenters. The molecule has 3 heteroatoms. The van der Waals surface area contributed by atoms with Crippen molar-refractivity contribution >= 4 is 16.6 Å². The number of anilines is 1. The van der Waals surface area contributed by atoms with Gasteiger partial charge in [-0.05, 0) is 48.9 Å². The van der Waals surface area contributed by atoms with E-state index in [4.69, 9.17) is 5.73 Å². The smallest absolute Gasteiger partial charge is 0.0722 e. The third-order valence-corrected chi connectivity index (χ3v) is 3.00. The number of allylic oxidation sites excluding steroid dienone is 4. The molecule has 0 aliphatic rings. The minimum Gasteiger partial charge on any atom is -0.399 e. The van der Waals surface area contributed by atoms with Crippen LogP contribution in [0.5, 0.6) is 0 Å². The number of benzene rings is 1. The molecule has 0 aliphatic carbocycles. The summed E-state index contributed by atoms with van der Waals surface area (Å²) in [5.41, 5.74) is 10.2. The van der Waals surface area contributed by atoms with Crippen LogP contribution in [0.3, 0.4) is 0 Å². The lowest BCUT2D eigenvalue weighted by Gasteiger charge is -2.09. The van der Waals surface area contributed by atoms with E-state index in [1.807, 2.05) is 43.3 Å². The summed E-state index contributed by atoms with van der Waals surface area (Å²) in [6, 6.07) is 9.86. The van der Waals surface area contributed by atoms with Crippen LogP contribution in [0.15, 0.2) is 84.9 Å². The Bertz CT molecular complexity index is 734. The molecule has 106 valence electrons. The molecule has 3 N–H and O–H groups in total. The fourth-order valence-corrected chi connectivity index (χ4v) is 1.99. The van der Waals surface area contributed by atoms with Gasteiger partial charge in [-0.3, -0.25) is 4.98 Å². The van der Waals surface area contributed by atoms with E-state index < -0.39 is 0 Å². The number of fused-ring (bicyclic) bond motifs is 1. The summed E-state index contributed by atoms with van der Waals surface area (Å²) in [5, 5.41) is 4.31. The van der Waals surface area contributed by atoms with Gasteiger partial charge in [-0.25, -0.2) is 0 Å². The maximum atomic E-state index is 5.94. The van der Waals surface area contributed by atoms with E-state index in [1.54, 1.807) is 18.3 Å². The van der Waals surface area contributed by atoms with Gasteiger partial charge in [0.15, 0.2) is 0 Å². The summed E-state index contributed by atoms with van der Waals surface area (Å²) >= 11 is 0. The quantitative estimate of drug-likeness (QED) is 0.808. The second kappa shape index (κ2) is 6.57. The van der Waals surface area contributed by atoms with Gasteiger partial charge in [0.05, 0.1) is 5.52 Å². The topological polar surface area (TPSA) is 50.9 Å². The molecule has 3 nitrogen and oxygen atoms in total. The Morgan fingerprint density at radius 1 is 1.24 bits per heavy atom. The Morgan fingerprint density at radius 3 is 2.81 bits per heavy atom. The van der Waals surface area contributed by atoms with E-state index in [2.05, 4.69) is 23.5 Å². The van der Waals surface area contributed by atoms with E-state index in [-0.39, 0.29) is 0 Å². The van der Waals surface area contributed by atoms with Crippen molar-refractivity contribution in [3.8, 4) is 0 Å². The lowest BCUT2D eigenvalue weighted by Crippen LogP contribution is -2.01. The van der Waals surface area contributed by atoms with Crippen molar-refractivity contribution in [3.63, 3.8) is 0 Å². The van der Waals surface area contributed by atoms with Crippen molar-refractivity contribution in [1.29, 1.82) is 0 Å². The Balaban J connectivity index is 2.23. The van der Waals surface area contributed by atoms with Crippen molar-refractivity contribution < 1.29 is 0 Å². The number of hydrogen-bond acceptors (Lipinski definition) is 3. The van der Waals surface area contributed by atoms with Crippen LogP contribution in [0.2, 0.25) is 0 Å². The Hall–Kier alpha value is -2.81. The van der Waals surface area contributed by atoms with E-state index in [9.17, 15) is 0 Å². The third kappa shape index (κ3) is 3.83. The SMILES string of the molecule is C=C/C(C)=C/C(N)=C\C(=C)Nc1cccc2ncccc12. The summed E-state index contributed by atoms with van der Waals surface area (Å²) in [6.45, 7) is 9.63. The molecule has 1 aromatic carbocycles. The standard InChI is InChI=1S/C18H19N3/c1-4-13(2)11-15(19)12-14(3)21-18-9-5-8-17-16(18)7-6-10-20-17/h4-12,21H,1,3,19H2,2H3/b13-11+,15-12+. The molecule has 0 saturated carbocycles. The Labute approximate surface area is 125 Å². The lowest BCUT2D eigenvalue weighted by atomic mass is 10.1. The zero-order chi connectivity index (χ0) is 15.2. The summed E-state index contributed by atoms with van der Waals surface area (Å²) in [6.07, 6.45) is 7.18. The lowest BCUT2D eigenvalue weighted by molar-refractivity contribution is 1.35. The maximum absolute atomic E-state index is 5.94. The summed E-state index contributed by atoms with van der Waals surface area (Å²) in [4.78, 5) is 4.33. The number of nitrogens with two attached hydrogens (primary N) is 1. The first kappa shape index (κ1) is 14.6. The summed E-state index contributed by atoms with van der Waals surface area (Å²) in [5.74, 6) is 0. The number of pyridine rings is 1. The molecule has 2 aromatic rings. The number of hydrogen-bond donors (Lipinski definition) is 2. The number of nitrogens with one attached hydrogen (secondary N) is 1. The van der Waals surface area contributed by atoms with Crippen molar-refractivity contribution in [2.45, 2.75) is 6.92 Å². The molecule has 0 amide bonds. The molecule has 0 bridgehead atoms. The van der Waals surface area contributed by atoms with Gasteiger partial charge in [0.25, 0.3) is 0 Å². The first-order valence-electron chi connectivity index (χ1n) is 6.68. The molecule has 0 radical (unpaired) electrons. The average Bonchev–Trinajstić information content (AvgIpc) is 2.47. The summed E-state index contributed by atoms with van der Waals surface area (Å²) in [7, 11) is 0. The molecule has 2 rings (SSSR count). The molecule has 0 saturated heterocycles. The van der Waals surface area contributed by atoms with Gasteiger partial charge in [-0.15, -0.1) is 0 Å². The predicted octanol–water partition coefficient (Wildman–Crippen LogP) is 4.14. The van der Waals surface area contributed by atoms with Crippen LogP contribution in [0.4, 0.5) is 5.69 Å². The largest absolute Gasteiger partial charge is 0.399 e. The van der Waals surface area contributed by atoms with Gasteiger partial charge < -0.3 is 11.1 Å². The van der Waals surface area contributed by atoms with E-state index in [1.165, 1.54) is 0 Å². The van der Waals surface area contributed by atoms with Crippen molar-refractivity contribution in [1.82, 2.24) is 4.98 Å². The molecule has 0 fully saturated rings. The first-order chi connectivity index (χ1) is 10.1. The minimum atomic E-state index is 0.628. The highest BCUT2D eigenvalue weighted by Gasteiger charge is 2.01. The van der Waals surface area contributed by atoms with Crippen LogP contribution in [0, 0.1) is 0 Å². The predicted molar refractivity (Wildman–Crippen MR) is 90.7 cm³/mol. The molecule has 0 aliphatic heterocycles. The second-order valence-electron chi connectivity index (χ2n) is 4.76. The molecule has 1 heterocycles. The highest BCUT2D eigenvalue weighted by atomic mass is 14.9. The van der Waals surface area contributed by atoms with Gasteiger partial charge >= 0.3 is 0 Å². The van der Waals surface area contributed by atoms with Crippen molar-refractivity contribution in [2.75, 3.05) is 5.32 Å². The summed E-state index contributed by atoms with van der Waals surface area (Å²) < 4.78 is 0. The normalized spacial score (nSPS) is 12.2. The monoisotopic (exact) mass is 277 g/mol. The Kier molecular flexibility index (Phi) is 4.57. The first-order valence-corrected chi connectivity index (χ1v) is 6.68. The minimum absolute atomic E-state index is 0.628. The molecular formula is C18H19N3. The van der Waals surface area contributed by atoms with E-state index >= 15 is 0 Å². The molecular weight excluding hydrogens is 258 g/mol. The van der Waals surface area contributed by atoms with Gasteiger partial charge in [0, 0.05) is 28.7 Å². The van der Waals surface area contributed by atoms with Crippen LogP contribution >= 0.6 is 0 Å². The second-order valence-corrected chi connectivity index (χ2v) is 4.76. The molecule has 0 unspecified atom stereocenters. The van der Waals surface area contributed by atoms with Crippen LogP contribution in [-0.4, -0.2) is 4.98 Å². The highest BCUT2D eigenvalue weighted by Crippen LogP contribution is 2.22. The zero-order valence-corrected chi connectivity index (χ0v) is 12.1. The number of nitrogens with zero attached hydrogens (tertiary/aromatic N) is 1. The van der Waals surface area contributed by atoms with Crippen LogP contribution in [0.1, 0.15) is 6.92 Å². The van der Waals surface area contributed by atoms with Crippen LogP contribution < -0.4 is 11.1 Å². The maximum Gasteiger partial charge on any atom is 0.0722 e. The van der Waals surface area contributed by atoms with Gasteiger partial charge in [-0.2, -0.15) is 0 Å². The average molecular weight is 277 g/mol. The Morgan fingerprint density at radius 2 is 2.05 bits per heavy atom.